The Bertz CT molecular complexity index is 597. The molecule has 3 fully saturated rings. The van der Waals surface area contributed by atoms with E-state index in [1.807, 2.05) is 0 Å². The molecule has 0 radical (unpaired) electrons. The molecule has 3 atom stereocenters. The maximum atomic E-state index is 12.8. The van der Waals surface area contributed by atoms with Gasteiger partial charge in [0.2, 0.25) is 5.91 Å². The largest absolute Gasteiger partial charge is 0.359 e. The van der Waals surface area contributed by atoms with E-state index >= 15 is 0 Å². The molecule has 3 aliphatic rings. The molecule has 0 spiro atoms. The van der Waals surface area contributed by atoms with Gasteiger partial charge in [-0.05, 0) is 18.4 Å². The van der Waals surface area contributed by atoms with Gasteiger partial charge in [0.1, 0.15) is 0 Å². The van der Waals surface area contributed by atoms with Gasteiger partial charge in [0.25, 0.3) is 0 Å². The van der Waals surface area contributed by atoms with Gasteiger partial charge in [0.05, 0.1) is 5.92 Å². The number of carbonyl (C=O) groups is 1. The maximum Gasteiger partial charge on any atom is 0.225 e. The second-order valence-corrected chi connectivity index (χ2v) is 8.36. The lowest BCUT2D eigenvalue weighted by Crippen LogP contribution is -2.56. The van der Waals surface area contributed by atoms with E-state index in [1.54, 1.807) is 7.05 Å². The van der Waals surface area contributed by atoms with Crippen LogP contribution in [0.1, 0.15) is 50.0 Å². The molecule has 2 aliphatic heterocycles. The summed E-state index contributed by atoms with van der Waals surface area (Å²) in [5.74, 6) is 0.597. The van der Waals surface area contributed by atoms with Gasteiger partial charge < -0.3 is 5.32 Å². The lowest BCUT2D eigenvalue weighted by molar-refractivity contribution is -0.126. The van der Waals surface area contributed by atoms with E-state index in [-0.39, 0.29) is 11.8 Å². The number of carbonyl (C=O) groups excluding carboxylic acids is 1. The van der Waals surface area contributed by atoms with E-state index in [1.165, 1.54) is 50.6 Å². The number of rotatable bonds is 3. The molecule has 4 nitrogen and oxygen atoms in total. The zero-order valence-electron chi connectivity index (χ0n) is 16.1. The SMILES string of the molecule is CNC(=O)[C@@H]1[C@H]2CN(C3CCCCCC3)CCN2C[C@H]1c1ccccc1. The Morgan fingerprint density at radius 1 is 0.962 bits per heavy atom. The summed E-state index contributed by atoms with van der Waals surface area (Å²) in [6.07, 6.45) is 8.24. The number of hydrogen-bond donors (Lipinski definition) is 1. The molecule has 2 heterocycles. The number of hydrogen-bond acceptors (Lipinski definition) is 3. The molecule has 0 bridgehead atoms. The van der Waals surface area contributed by atoms with Crippen LogP contribution in [0.15, 0.2) is 30.3 Å². The molecular formula is C22H33N3O. The Labute approximate surface area is 157 Å². The van der Waals surface area contributed by atoms with Crippen LogP contribution < -0.4 is 5.32 Å². The van der Waals surface area contributed by atoms with Crippen LogP contribution in [-0.2, 0) is 4.79 Å². The fraction of sp³-hybridized carbons (Fsp3) is 0.682. The van der Waals surface area contributed by atoms with E-state index < -0.39 is 0 Å². The second-order valence-electron chi connectivity index (χ2n) is 8.36. The Kier molecular flexibility index (Phi) is 5.60. The van der Waals surface area contributed by atoms with Crippen molar-refractivity contribution in [3.05, 3.63) is 35.9 Å². The van der Waals surface area contributed by atoms with Crippen LogP contribution in [0.2, 0.25) is 0 Å². The molecule has 4 rings (SSSR count). The van der Waals surface area contributed by atoms with Crippen molar-refractivity contribution in [1.82, 2.24) is 15.1 Å². The number of amides is 1. The molecule has 1 amide bonds. The van der Waals surface area contributed by atoms with Gasteiger partial charge in [-0.3, -0.25) is 14.6 Å². The molecule has 1 N–H and O–H groups in total. The van der Waals surface area contributed by atoms with E-state index in [9.17, 15) is 4.79 Å². The summed E-state index contributed by atoms with van der Waals surface area (Å²) in [7, 11) is 1.79. The fourth-order valence-corrected chi connectivity index (χ4v) is 5.56. The predicted molar refractivity (Wildman–Crippen MR) is 105 cm³/mol. The molecule has 142 valence electrons. The first-order valence-corrected chi connectivity index (χ1v) is 10.5. The minimum atomic E-state index is 0.0657. The van der Waals surface area contributed by atoms with Gasteiger partial charge in [-0.2, -0.15) is 0 Å². The summed E-state index contributed by atoms with van der Waals surface area (Å²) in [4.78, 5) is 18.1. The van der Waals surface area contributed by atoms with Crippen LogP contribution >= 0.6 is 0 Å². The monoisotopic (exact) mass is 355 g/mol. The van der Waals surface area contributed by atoms with Crippen molar-refractivity contribution >= 4 is 5.91 Å². The highest BCUT2D eigenvalue weighted by molar-refractivity contribution is 5.80. The molecular weight excluding hydrogens is 322 g/mol. The van der Waals surface area contributed by atoms with Gasteiger partial charge in [-0.15, -0.1) is 0 Å². The highest BCUT2D eigenvalue weighted by Crippen LogP contribution is 2.40. The highest BCUT2D eigenvalue weighted by Gasteiger charge is 2.48. The summed E-state index contributed by atoms with van der Waals surface area (Å²) in [5, 5.41) is 2.96. The standard InChI is InChI=1S/C22H33N3O/c1-23-22(26)21-19(17-9-5-4-6-10-17)15-25-14-13-24(16-20(21)25)18-11-7-2-3-8-12-18/h4-6,9-10,18-21H,2-3,7-8,11-16H2,1H3,(H,23,26)/t19-,20+,21-/m0/s1. The number of fused-ring (bicyclic) bond motifs is 1. The van der Waals surface area contributed by atoms with Crippen molar-refractivity contribution in [2.24, 2.45) is 5.92 Å². The molecule has 2 saturated heterocycles. The molecule has 4 heteroatoms. The van der Waals surface area contributed by atoms with Crippen LogP contribution in [0.3, 0.4) is 0 Å². The lowest BCUT2D eigenvalue weighted by Gasteiger charge is -2.42. The van der Waals surface area contributed by atoms with Gasteiger partial charge in [0.15, 0.2) is 0 Å². The Morgan fingerprint density at radius 3 is 2.35 bits per heavy atom. The first-order valence-electron chi connectivity index (χ1n) is 10.5. The zero-order chi connectivity index (χ0) is 17.9. The summed E-state index contributed by atoms with van der Waals surface area (Å²) in [5.41, 5.74) is 1.32. The molecule has 1 aromatic rings. The summed E-state index contributed by atoms with van der Waals surface area (Å²) < 4.78 is 0. The summed E-state index contributed by atoms with van der Waals surface area (Å²) >= 11 is 0. The number of nitrogens with zero attached hydrogens (tertiary/aromatic N) is 2. The minimum Gasteiger partial charge on any atom is -0.359 e. The zero-order valence-corrected chi connectivity index (χ0v) is 16.1. The third-order valence-electron chi connectivity index (χ3n) is 6.96. The molecule has 0 aromatic heterocycles. The smallest absolute Gasteiger partial charge is 0.225 e. The first kappa shape index (κ1) is 18.0. The predicted octanol–water partition coefficient (Wildman–Crippen LogP) is 2.86. The van der Waals surface area contributed by atoms with Gasteiger partial charge >= 0.3 is 0 Å². The maximum absolute atomic E-state index is 12.8. The number of nitrogens with one attached hydrogen (secondary N) is 1. The van der Waals surface area contributed by atoms with Crippen molar-refractivity contribution in [1.29, 1.82) is 0 Å². The van der Waals surface area contributed by atoms with Crippen LogP contribution in [-0.4, -0.2) is 61.0 Å². The fourth-order valence-electron chi connectivity index (χ4n) is 5.56. The molecule has 26 heavy (non-hydrogen) atoms. The highest BCUT2D eigenvalue weighted by atomic mass is 16.1. The average Bonchev–Trinajstić information content (AvgIpc) is 2.86. The van der Waals surface area contributed by atoms with Gasteiger partial charge in [0, 0.05) is 51.2 Å². The topological polar surface area (TPSA) is 35.6 Å². The summed E-state index contributed by atoms with van der Waals surface area (Å²) in [6.45, 7) is 4.36. The third kappa shape index (κ3) is 3.54. The molecule has 0 unspecified atom stereocenters. The van der Waals surface area contributed by atoms with Crippen molar-refractivity contribution in [3.8, 4) is 0 Å². The average molecular weight is 356 g/mol. The van der Waals surface area contributed by atoms with E-state index in [0.29, 0.717) is 12.0 Å². The van der Waals surface area contributed by atoms with Crippen molar-refractivity contribution in [2.75, 3.05) is 33.2 Å². The number of benzene rings is 1. The Balaban J connectivity index is 1.54. The second kappa shape index (κ2) is 8.10. The van der Waals surface area contributed by atoms with Crippen molar-refractivity contribution in [3.63, 3.8) is 0 Å². The van der Waals surface area contributed by atoms with Gasteiger partial charge in [-0.25, -0.2) is 0 Å². The first-order chi connectivity index (χ1) is 12.8. The summed E-state index contributed by atoms with van der Waals surface area (Å²) in [6, 6.07) is 11.8. The van der Waals surface area contributed by atoms with E-state index in [4.69, 9.17) is 0 Å². The molecule has 1 saturated carbocycles. The van der Waals surface area contributed by atoms with Crippen molar-refractivity contribution < 1.29 is 4.79 Å². The minimum absolute atomic E-state index is 0.0657. The van der Waals surface area contributed by atoms with Gasteiger partial charge in [-0.1, -0.05) is 56.0 Å². The quantitative estimate of drug-likeness (QED) is 0.847. The van der Waals surface area contributed by atoms with E-state index in [2.05, 4.69) is 45.4 Å². The molecule has 1 aromatic carbocycles. The lowest BCUT2D eigenvalue weighted by atomic mass is 9.84. The normalized spacial score (nSPS) is 31.3. The van der Waals surface area contributed by atoms with Crippen molar-refractivity contribution in [2.45, 2.75) is 56.5 Å². The number of piperazine rings is 1. The Morgan fingerprint density at radius 2 is 1.65 bits per heavy atom. The Hall–Kier alpha value is -1.39. The van der Waals surface area contributed by atoms with E-state index in [0.717, 1.165) is 25.7 Å². The van der Waals surface area contributed by atoms with Crippen LogP contribution in [0.4, 0.5) is 0 Å². The van der Waals surface area contributed by atoms with Crippen LogP contribution in [0.5, 0.6) is 0 Å². The van der Waals surface area contributed by atoms with Crippen LogP contribution in [0.25, 0.3) is 0 Å². The van der Waals surface area contributed by atoms with Crippen LogP contribution in [0, 0.1) is 5.92 Å². The third-order valence-corrected chi connectivity index (χ3v) is 6.96. The molecule has 1 aliphatic carbocycles.